The Bertz CT molecular complexity index is 499. The maximum absolute atomic E-state index is 11.8. The van der Waals surface area contributed by atoms with Gasteiger partial charge in [0.1, 0.15) is 0 Å². The summed E-state index contributed by atoms with van der Waals surface area (Å²) in [5.41, 5.74) is 6.18. The number of carbonyl (C=O) groups is 2. The van der Waals surface area contributed by atoms with Crippen molar-refractivity contribution >= 4 is 23.4 Å². The standard InChI is InChI=1S/C16H24ClN3O2/c1-3-16(4-2,12-5-7-13(17)8-6-12)11-20-15(22)10-19-14(21)9-18/h5-8H,3-4,9-11,18H2,1-2H3,(H,19,21)(H,20,22). The number of nitrogens with two attached hydrogens (primary N) is 1. The van der Waals surface area contributed by atoms with Crippen LogP contribution in [0.5, 0.6) is 0 Å². The van der Waals surface area contributed by atoms with E-state index in [1.54, 1.807) is 0 Å². The van der Waals surface area contributed by atoms with Crippen LogP contribution >= 0.6 is 11.6 Å². The van der Waals surface area contributed by atoms with Gasteiger partial charge in [0.05, 0.1) is 13.1 Å². The third kappa shape index (κ3) is 5.00. The molecular formula is C16H24ClN3O2. The normalized spacial score (nSPS) is 11.1. The fourth-order valence-electron chi connectivity index (χ4n) is 2.40. The Morgan fingerprint density at radius 3 is 2.18 bits per heavy atom. The molecule has 0 spiro atoms. The van der Waals surface area contributed by atoms with Crippen LogP contribution in [0.15, 0.2) is 24.3 Å². The molecular weight excluding hydrogens is 302 g/mol. The second-order valence-electron chi connectivity index (χ2n) is 5.25. The molecule has 0 unspecified atom stereocenters. The van der Waals surface area contributed by atoms with E-state index >= 15 is 0 Å². The van der Waals surface area contributed by atoms with Crippen molar-refractivity contribution in [2.75, 3.05) is 19.6 Å². The first-order chi connectivity index (χ1) is 10.5. The molecule has 0 aliphatic carbocycles. The lowest BCUT2D eigenvalue weighted by Crippen LogP contribution is -2.45. The highest BCUT2D eigenvalue weighted by atomic mass is 35.5. The molecule has 4 N–H and O–H groups in total. The number of hydrogen-bond acceptors (Lipinski definition) is 3. The first kappa shape index (κ1) is 18.5. The van der Waals surface area contributed by atoms with E-state index in [0.717, 1.165) is 18.4 Å². The van der Waals surface area contributed by atoms with Gasteiger partial charge in [-0.05, 0) is 30.5 Å². The fourth-order valence-corrected chi connectivity index (χ4v) is 2.52. The summed E-state index contributed by atoms with van der Waals surface area (Å²) in [6, 6.07) is 7.72. The molecule has 0 heterocycles. The van der Waals surface area contributed by atoms with Gasteiger partial charge in [0.2, 0.25) is 11.8 Å². The summed E-state index contributed by atoms with van der Waals surface area (Å²) in [6.45, 7) is 4.53. The van der Waals surface area contributed by atoms with E-state index in [4.69, 9.17) is 17.3 Å². The highest BCUT2D eigenvalue weighted by Gasteiger charge is 2.28. The molecule has 0 atom stereocenters. The van der Waals surface area contributed by atoms with Gasteiger partial charge >= 0.3 is 0 Å². The predicted molar refractivity (Wildman–Crippen MR) is 88.8 cm³/mol. The van der Waals surface area contributed by atoms with E-state index in [1.165, 1.54) is 0 Å². The van der Waals surface area contributed by atoms with Gasteiger partial charge in [-0.2, -0.15) is 0 Å². The quantitative estimate of drug-likeness (QED) is 0.678. The molecule has 6 heteroatoms. The summed E-state index contributed by atoms with van der Waals surface area (Å²) in [5, 5.41) is 6.04. The van der Waals surface area contributed by atoms with Crippen LogP contribution in [0.3, 0.4) is 0 Å². The van der Waals surface area contributed by atoms with Gasteiger partial charge in [0.15, 0.2) is 0 Å². The highest BCUT2D eigenvalue weighted by Crippen LogP contribution is 2.31. The summed E-state index contributed by atoms with van der Waals surface area (Å²) in [5.74, 6) is -0.563. The number of rotatable bonds is 8. The van der Waals surface area contributed by atoms with E-state index < -0.39 is 0 Å². The second-order valence-corrected chi connectivity index (χ2v) is 5.69. The molecule has 0 saturated heterocycles. The number of halogens is 1. The lowest BCUT2D eigenvalue weighted by atomic mass is 9.76. The van der Waals surface area contributed by atoms with E-state index in [0.29, 0.717) is 11.6 Å². The van der Waals surface area contributed by atoms with Crippen LogP contribution in [0.2, 0.25) is 5.02 Å². The molecule has 22 heavy (non-hydrogen) atoms. The third-order valence-corrected chi connectivity index (χ3v) is 4.32. The van der Waals surface area contributed by atoms with Crippen molar-refractivity contribution in [3.63, 3.8) is 0 Å². The van der Waals surface area contributed by atoms with E-state index in [9.17, 15) is 9.59 Å². The SMILES string of the molecule is CCC(CC)(CNC(=O)CNC(=O)CN)c1ccc(Cl)cc1. The van der Waals surface area contributed by atoms with Gasteiger partial charge in [-0.3, -0.25) is 9.59 Å². The molecule has 0 aromatic heterocycles. The number of benzene rings is 1. The van der Waals surface area contributed by atoms with Gasteiger partial charge in [-0.1, -0.05) is 37.6 Å². The van der Waals surface area contributed by atoms with Gasteiger partial charge in [-0.25, -0.2) is 0 Å². The Kier molecular flexibility index (Phi) is 7.35. The first-order valence-corrected chi connectivity index (χ1v) is 7.84. The average Bonchev–Trinajstić information content (AvgIpc) is 2.55. The Morgan fingerprint density at radius 1 is 1.09 bits per heavy atom. The molecule has 0 aliphatic heterocycles. The molecule has 0 saturated carbocycles. The minimum absolute atomic E-state index is 0.0554. The molecule has 122 valence electrons. The molecule has 5 nitrogen and oxygen atoms in total. The van der Waals surface area contributed by atoms with Gasteiger partial charge < -0.3 is 16.4 Å². The summed E-state index contributed by atoms with van der Waals surface area (Å²) in [4.78, 5) is 22.9. The largest absolute Gasteiger partial charge is 0.354 e. The Labute approximate surface area is 136 Å². The summed E-state index contributed by atoms with van der Waals surface area (Å²) in [7, 11) is 0. The summed E-state index contributed by atoms with van der Waals surface area (Å²) < 4.78 is 0. The van der Waals surface area contributed by atoms with Crippen LogP contribution in [0, 0.1) is 0 Å². The summed E-state index contributed by atoms with van der Waals surface area (Å²) in [6.07, 6.45) is 1.78. The van der Waals surface area contributed by atoms with Crippen LogP contribution in [0.25, 0.3) is 0 Å². The zero-order chi connectivity index (χ0) is 16.6. The molecule has 0 bridgehead atoms. The molecule has 2 amide bonds. The zero-order valence-electron chi connectivity index (χ0n) is 13.1. The predicted octanol–water partition coefficient (Wildman–Crippen LogP) is 1.59. The number of nitrogens with one attached hydrogen (secondary N) is 2. The molecule has 0 radical (unpaired) electrons. The van der Waals surface area contributed by atoms with Crippen molar-refractivity contribution in [2.45, 2.75) is 32.1 Å². The van der Waals surface area contributed by atoms with Gasteiger partial charge in [0, 0.05) is 17.0 Å². The lowest BCUT2D eigenvalue weighted by Gasteiger charge is -2.32. The number of hydrogen-bond donors (Lipinski definition) is 3. The maximum atomic E-state index is 11.8. The van der Waals surface area contributed by atoms with E-state index in [-0.39, 0.29) is 30.3 Å². The number of amides is 2. The topological polar surface area (TPSA) is 84.2 Å². The van der Waals surface area contributed by atoms with Crippen molar-refractivity contribution in [3.05, 3.63) is 34.9 Å². The van der Waals surface area contributed by atoms with Gasteiger partial charge in [0.25, 0.3) is 0 Å². The Morgan fingerprint density at radius 2 is 1.68 bits per heavy atom. The summed E-state index contributed by atoms with van der Waals surface area (Å²) >= 11 is 5.94. The highest BCUT2D eigenvalue weighted by molar-refractivity contribution is 6.30. The van der Waals surface area contributed by atoms with Crippen LogP contribution < -0.4 is 16.4 Å². The van der Waals surface area contributed by atoms with Crippen LogP contribution in [0.1, 0.15) is 32.3 Å². The average molecular weight is 326 g/mol. The monoisotopic (exact) mass is 325 g/mol. The smallest absolute Gasteiger partial charge is 0.239 e. The van der Waals surface area contributed by atoms with E-state index in [1.807, 2.05) is 24.3 Å². The zero-order valence-corrected chi connectivity index (χ0v) is 13.9. The first-order valence-electron chi connectivity index (χ1n) is 7.47. The maximum Gasteiger partial charge on any atom is 0.239 e. The molecule has 1 rings (SSSR count). The Hall–Kier alpha value is -1.59. The second kappa shape index (κ2) is 8.76. The third-order valence-electron chi connectivity index (χ3n) is 4.07. The molecule has 1 aromatic rings. The van der Waals surface area contributed by atoms with Gasteiger partial charge in [-0.15, -0.1) is 0 Å². The Balaban J connectivity index is 2.69. The minimum atomic E-state index is -0.343. The molecule has 0 aliphatic rings. The van der Waals surface area contributed by atoms with Crippen LogP contribution in [-0.2, 0) is 15.0 Å². The van der Waals surface area contributed by atoms with E-state index in [2.05, 4.69) is 24.5 Å². The number of carbonyl (C=O) groups excluding carboxylic acids is 2. The van der Waals surface area contributed by atoms with Crippen molar-refractivity contribution in [3.8, 4) is 0 Å². The minimum Gasteiger partial charge on any atom is -0.354 e. The molecule has 0 fully saturated rings. The van der Waals surface area contributed by atoms with Crippen molar-refractivity contribution < 1.29 is 9.59 Å². The van der Waals surface area contributed by atoms with Crippen molar-refractivity contribution in [2.24, 2.45) is 5.73 Å². The van der Waals surface area contributed by atoms with Crippen LogP contribution in [0.4, 0.5) is 0 Å². The molecule has 1 aromatic carbocycles. The lowest BCUT2D eigenvalue weighted by molar-refractivity contribution is -0.125. The van der Waals surface area contributed by atoms with Crippen LogP contribution in [-0.4, -0.2) is 31.4 Å². The van der Waals surface area contributed by atoms with Crippen molar-refractivity contribution in [1.82, 2.24) is 10.6 Å². The fraction of sp³-hybridized carbons (Fsp3) is 0.500. The van der Waals surface area contributed by atoms with Crippen molar-refractivity contribution in [1.29, 1.82) is 0 Å².